The van der Waals surface area contributed by atoms with Gasteiger partial charge in [-0.3, -0.25) is 0 Å². The molecule has 0 aliphatic rings. The molecule has 0 aliphatic carbocycles. The number of nitrogens with zero attached hydrogens (tertiary/aromatic N) is 4. The van der Waals surface area contributed by atoms with Gasteiger partial charge in [-0.2, -0.15) is 18.3 Å². The second-order valence-corrected chi connectivity index (χ2v) is 5.29. The summed E-state index contributed by atoms with van der Waals surface area (Å²) in [7, 11) is 0. The Labute approximate surface area is 121 Å². The van der Waals surface area contributed by atoms with Crippen molar-refractivity contribution in [1.29, 1.82) is 0 Å². The number of aromatic nitrogens is 4. The third-order valence-electron chi connectivity index (χ3n) is 2.80. The quantitative estimate of drug-likeness (QED) is 0.807. The molecule has 0 atom stereocenters. The van der Waals surface area contributed by atoms with E-state index in [1.54, 1.807) is 23.1 Å². The molecule has 0 unspecified atom stereocenters. The molecular formula is C12H10F3N5S. The Hall–Kier alpha value is -2.16. The van der Waals surface area contributed by atoms with Crippen molar-refractivity contribution < 1.29 is 13.2 Å². The highest BCUT2D eigenvalue weighted by Gasteiger charge is 2.34. The molecule has 3 rings (SSSR count). The molecule has 0 radical (unpaired) electrons. The zero-order valence-electron chi connectivity index (χ0n) is 10.8. The maximum atomic E-state index is 12.4. The number of anilines is 1. The van der Waals surface area contributed by atoms with Crippen LogP contribution in [0.1, 0.15) is 16.3 Å². The predicted molar refractivity (Wildman–Crippen MR) is 72.2 cm³/mol. The molecule has 0 aliphatic heterocycles. The van der Waals surface area contributed by atoms with Gasteiger partial charge in [0.1, 0.15) is 0 Å². The molecule has 3 heterocycles. The van der Waals surface area contributed by atoms with Gasteiger partial charge in [0.2, 0.25) is 0 Å². The number of thiazole rings is 1. The Morgan fingerprint density at radius 1 is 1.33 bits per heavy atom. The Morgan fingerprint density at radius 2 is 2.14 bits per heavy atom. The summed E-state index contributed by atoms with van der Waals surface area (Å²) in [4.78, 5) is 7.79. The van der Waals surface area contributed by atoms with Gasteiger partial charge in [0.05, 0.1) is 36.5 Å². The molecule has 3 aromatic heterocycles. The molecule has 21 heavy (non-hydrogen) atoms. The first kappa shape index (κ1) is 13.8. The maximum absolute atomic E-state index is 12.4. The topological polar surface area (TPSA) is 55.1 Å². The lowest BCUT2D eigenvalue weighted by molar-refractivity contribution is -0.137. The zero-order chi connectivity index (χ0) is 15.0. The second-order valence-electron chi connectivity index (χ2n) is 4.43. The largest absolute Gasteiger partial charge is 0.443 e. The molecule has 3 aromatic rings. The predicted octanol–water partition coefficient (Wildman–Crippen LogP) is 3.13. The van der Waals surface area contributed by atoms with E-state index in [4.69, 9.17) is 0 Å². The van der Waals surface area contributed by atoms with Gasteiger partial charge in [-0.05, 0) is 6.92 Å². The summed E-state index contributed by atoms with van der Waals surface area (Å²) in [5.41, 5.74) is 2.70. The lowest BCUT2D eigenvalue weighted by atomic mass is 10.4. The lowest BCUT2D eigenvalue weighted by Gasteiger charge is -2.04. The van der Waals surface area contributed by atoms with E-state index in [0.717, 1.165) is 11.2 Å². The van der Waals surface area contributed by atoms with Crippen molar-refractivity contribution >= 4 is 22.7 Å². The van der Waals surface area contributed by atoms with Crippen LogP contribution < -0.4 is 5.32 Å². The molecule has 110 valence electrons. The molecule has 0 fully saturated rings. The van der Waals surface area contributed by atoms with Crippen molar-refractivity contribution in [2.75, 3.05) is 5.32 Å². The summed E-state index contributed by atoms with van der Waals surface area (Å²) < 4.78 is 39.0. The molecular weight excluding hydrogens is 303 g/mol. The molecule has 1 N–H and O–H groups in total. The van der Waals surface area contributed by atoms with Gasteiger partial charge in [0, 0.05) is 10.9 Å². The number of hydrogen-bond acceptors (Lipinski definition) is 5. The van der Waals surface area contributed by atoms with Crippen LogP contribution in [0.15, 0.2) is 24.0 Å². The number of fused-ring (bicyclic) bond motifs is 1. The van der Waals surface area contributed by atoms with E-state index in [2.05, 4.69) is 20.4 Å². The van der Waals surface area contributed by atoms with Gasteiger partial charge in [0.15, 0.2) is 10.7 Å². The van der Waals surface area contributed by atoms with Crippen molar-refractivity contribution in [1.82, 2.24) is 19.6 Å². The smallest absolute Gasteiger partial charge is 0.377 e. The summed E-state index contributed by atoms with van der Waals surface area (Å²) in [5, 5.41) is 7.65. The molecule has 0 bridgehead atoms. The number of alkyl halides is 3. The van der Waals surface area contributed by atoms with E-state index in [9.17, 15) is 13.2 Å². The fourth-order valence-corrected chi connectivity index (χ4v) is 2.48. The van der Waals surface area contributed by atoms with E-state index >= 15 is 0 Å². The zero-order valence-corrected chi connectivity index (χ0v) is 11.7. The van der Waals surface area contributed by atoms with Crippen molar-refractivity contribution in [3.8, 4) is 0 Å². The summed E-state index contributed by atoms with van der Waals surface area (Å²) >= 11 is 0.588. The van der Waals surface area contributed by atoms with Crippen LogP contribution in [0.4, 0.5) is 18.9 Å². The number of halogens is 3. The third kappa shape index (κ3) is 2.82. The number of rotatable bonds is 3. The van der Waals surface area contributed by atoms with Crippen LogP contribution in [-0.2, 0) is 12.7 Å². The minimum Gasteiger partial charge on any atom is -0.377 e. The highest BCUT2D eigenvalue weighted by Crippen LogP contribution is 2.31. The fraction of sp³-hybridized carbons (Fsp3) is 0.250. The van der Waals surface area contributed by atoms with E-state index in [1.165, 1.54) is 5.38 Å². The van der Waals surface area contributed by atoms with Crippen molar-refractivity contribution in [2.45, 2.75) is 19.6 Å². The summed E-state index contributed by atoms with van der Waals surface area (Å²) in [6.45, 7) is 2.09. The number of nitrogens with one attached hydrogen (secondary N) is 1. The first-order valence-electron chi connectivity index (χ1n) is 5.99. The van der Waals surface area contributed by atoms with Gasteiger partial charge in [-0.15, -0.1) is 11.3 Å². The minimum atomic E-state index is -4.39. The highest BCUT2D eigenvalue weighted by atomic mass is 32.1. The van der Waals surface area contributed by atoms with Crippen LogP contribution in [0, 0.1) is 6.92 Å². The molecule has 0 spiro atoms. The van der Waals surface area contributed by atoms with E-state index in [0.29, 0.717) is 22.7 Å². The average Bonchev–Trinajstić information content (AvgIpc) is 3.03. The summed E-state index contributed by atoms with van der Waals surface area (Å²) in [6.07, 6.45) is 0.644. The summed E-state index contributed by atoms with van der Waals surface area (Å²) in [5.74, 6) is 0. The second kappa shape index (κ2) is 4.99. The van der Waals surface area contributed by atoms with Gasteiger partial charge in [-0.1, -0.05) is 0 Å². The maximum Gasteiger partial charge on any atom is 0.443 e. The first-order valence-corrected chi connectivity index (χ1v) is 6.87. The summed E-state index contributed by atoms with van der Waals surface area (Å²) in [6, 6.07) is 0. The minimum absolute atomic E-state index is 0.194. The highest BCUT2D eigenvalue weighted by molar-refractivity contribution is 7.09. The van der Waals surface area contributed by atoms with Crippen LogP contribution in [0.5, 0.6) is 0 Å². The van der Waals surface area contributed by atoms with Crippen LogP contribution >= 0.6 is 11.3 Å². The SMILES string of the molecule is Cc1cnn2cc(NCc3csc(C(F)(F)F)n3)cnc12. The van der Waals surface area contributed by atoms with Crippen LogP contribution in [0.2, 0.25) is 0 Å². The van der Waals surface area contributed by atoms with Gasteiger partial charge >= 0.3 is 6.18 Å². The van der Waals surface area contributed by atoms with Crippen molar-refractivity contribution in [3.05, 3.63) is 40.2 Å². The Balaban J connectivity index is 1.72. The van der Waals surface area contributed by atoms with Crippen LogP contribution in [0.25, 0.3) is 5.65 Å². The average molecular weight is 313 g/mol. The molecule has 9 heteroatoms. The van der Waals surface area contributed by atoms with E-state index < -0.39 is 11.2 Å². The Bertz CT molecular complexity index is 777. The van der Waals surface area contributed by atoms with Crippen molar-refractivity contribution in [2.24, 2.45) is 0 Å². The molecule has 0 saturated heterocycles. The fourth-order valence-electron chi connectivity index (χ4n) is 1.80. The monoisotopic (exact) mass is 313 g/mol. The standard InChI is InChI=1S/C12H10F3N5S/c1-7-2-18-20-5-8(3-17-10(7)20)16-4-9-6-21-11(19-9)12(13,14)15/h2-3,5-6,16H,4H2,1H3. The van der Waals surface area contributed by atoms with Crippen LogP contribution in [0.3, 0.4) is 0 Å². The third-order valence-corrected chi connectivity index (χ3v) is 3.74. The first-order chi connectivity index (χ1) is 9.93. The van der Waals surface area contributed by atoms with E-state index in [-0.39, 0.29) is 6.54 Å². The number of hydrogen-bond donors (Lipinski definition) is 1. The van der Waals surface area contributed by atoms with Gasteiger partial charge in [-0.25, -0.2) is 14.5 Å². The normalized spacial score (nSPS) is 12.0. The molecule has 0 saturated carbocycles. The van der Waals surface area contributed by atoms with Gasteiger partial charge < -0.3 is 5.32 Å². The molecule has 0 aromatic carbocycles. The molecule has 0 amide bonds. The van der Waals surface area contributed by atoms with Gasteiger partial charge in [0.25, 0.3) is 0 Å². The Morgan fingerprint density at radius 3 is 2.86 bits per heavy atom. The molecule has 5 nitrogen and oxygen atoms in total. The van der Waals surface area contributed by atoms with E-state index in [1.807, 2.05) is 6.92 Å². The Kier molecular flexibility index (Phi) is 3.28. The van der Waals surface area contributed by atoms with Crippen LogP contribution in [-0.4, -0.2) is 19.6 Å². The lowest BCUT2D eigenvalue weighted by Crippen LogP contribution is -2.06. The number of aryl methyl sites for hydroxylation is 1. The van der Waals surface area contributed by atoms with Crippen molar-refractivity contribution in [3.63, 3.8) is 0 Å².